The summed E-state index contributed by atoms with van der Waals surface area (Å²) in [5.74, 6) is 0.590. The van der Waals surface area contributed by atoms with Crippen LogP contribution in [0.2, 0.25) is 5.02 Å². The highest BCUT2D eigenvalue weighted by molar-refractivity contribution is 9.10. The van der Waals surface area contributed by atoms with Crippen molar-refractivity contribution in [3.8, 4) is 5.75 Å². The molecule has 1 aromatic carbocycles. The predicted molar refractivity (Wildman–Crippen MR) is 82.3 cm³/mol. The van der Waals surface area contributed by atoms with Crippen LogP contribution in [0.1, 0.15) is 20.8 Å². The normalized spacial score (nSPS) is 10.2. The highest BCUT2D eigenvalue weighted by Gasteiger charge is 2.15. The Kier molecular flexibility index (Phi) is 6.45. The van der Waals surface area contributed by atoms with Crippen molar-refractivity contribution in [3.05, 3.63) is 21.6 Å². The third-order valence-corrected chi connectivity index (χ3v) is 3.40. The number of rotatable bonds is 5. The molecule has 0 aliphatic rings. The highest BCUT2D eigenvalue weighted by atomic mass is 79.9. The Hall–Kier alpha value is -0.940. The number of hydrogen-bond donors (Lipinski definition) is 1. The van der Waals surface area contributed by atoms with E-state index in [-0.39, 0.29) is 6.03 Å². The smallest absolute Gasteiger partial charge is 0.321 e. The molecule has 0 aliphatic carbocycles. The van der Waals surface area contributed by atoms with Gasteiger partial charge in [-0.25, -0.2) is 4.79 Å². The maximum absolute atomic E-state index is 12.1. The van der Waals surface area contributed by atoms with Crippen molar-refractivity contribution < 1.29 is 9.53 Å². The largest absolute Gasteiger partial charge is 0.491 e. The molecule has 0 heterocycles. The van der Waals surface area contributed by atoms with E-state index < -0.39 is 0 Å². The van der Waals surface area contributed by atoms with Crippen molar-refractivity contribution in [2.45, 2.75) is 20.8 Å². The monoisotopic (exact) mass is 348 g/mol. The molecule has 6 heteroatoms. The number of ether oxygens (including phenoxy) is 1. The van der Waals surface area contributed by atoms with Crippen LogP contribution in [0.15, 0.2) is 16.6 Å². The van der Waals surface area contributed by atoms with Gasteiger partial charge in [0.25, 0.3) is 0 Å². The Balaban J connectivity index is 3.02. The molecule has 0 spiro atoms. The molecule has 0 aromatic heterocycles. The minimum absolute atomic E-state index is 0.167. The molecule has 2 amide bonds. The van der Waals surface area contributed by atoms with Gasteiger partial charge in [0.2, 0.25) is 0 Å². The van der Waals surface area contributed by atoms with E-state index >= 15 is 0 Å². The molecular weight excluding hydrogens is 332 g/mol. The lowest BCUT2D eigenvalue weighted by atomic mass is 10.3. The second kappa shape index (κ2) is 7.60. The van der Waals surface area contributed by atoms with Crippen LogP contribution in [0.5, 0.6) is 5.75 Å². The van der Waals surface area contributed by atoms with E-state index in [0.29, 0.717) is 36.2 Å². The first-order chi connectivity index (χ1) is 9.03. The van der Waals surface area contributed by atoms with Gasteiger partial charge in [0.05, 0.1) is 16.8 Å². The Morgan fingerprint density at radius 2 is 2.00 bits per heavy atom. The zero-order valence-corrected chi connectivity index (χ0v) is 13.6. The maximum Gasteiger partial charge on any atom is 0.321 e. The van der Waals surface area contributed by atoms with E-state index in [1.165, 1.54) is 0 Å². The molecular formula is C13H18BrClN2O2. The maximum atomic E-state index is 12.1. The first-order valence-corrected chi connectivity index (χ1v) is 7.38. The molecule has 1 N–H and O–H groups in total. The van der Waals surface area contributed by atoms with Gasteiger partial charge >= 0.3 is 6.03 Å². The van der Waals surface area contributed by atoms with Crippen molar-refractivity contribution in [3.63, 3.8) is 0 Å². The zero-order valence-electron chi connectivity index (χ0n) is 11.3. The van der Waals surface area contributed by atoms with Crippen molar-refractivity contribution in [2.75, 3.05) is 25.0 Å². The quantitative estimate of drug-likeness (QED) is 0.857. The van der Waals surface area contributed by atoms with Gasteiger partial charge in [-0.15, -0.1) is 0 Å². The van der Waals surface area contributed by atoms with E-state index in [1.54, 1.807) is 17.0 Å². The molecule has 4 nitrogen and oxygen atoms in total. The average Bonchev–Trinajstić information content (AvgIpc) is 2.35. The summed E-state index contributed by atoms with van der Waals surface area (Å²) in [4.78, 5) is 13.7. The molecule has 0 fully saturated rings. The molecule has 0 bridgehead atoms. The van der Waals surface area contributed by atoms with Gasteiger partial charge in [-0.1, -0.05) is 11.6 Å². The van der Waals surface area contributed by atoms with Crippen LogP contribution in [-0.2, 0) is 0 Å². The SMILES string of the molecule is CCOc1c(Br)cc(Cl)cc1NC(=O)N(CC)CC. The Morgan fingerprint density at radius 3 is 2.53 bits per heavy atom. The van der Waals surface area contributed by atoms with E-state index in [2.05, 4.69) is 21.2 Å². The molecule has 0 atom stereocenters. The summed E-state index contributed by atoms with van der Waals surface area (Å²) in [5.41, 5.74) is 0.568. The van der Waals surface area contributed by atoms with E-state index in [9.17, 15) is 4.79 Å². The van der Waals surface area contributed by atoms with Gasteiger partial charge in [-0.05, 0) is 48.8 Å². The summed E-state index contributed by atoms with van der Waals surface area (Å²) < 4.78 is 6.25. The third-order valence-electron chi connectivity index (χ3n) is 2.59. The van der Waals surface area contributed by atoms with Gasteiger partial charge < -0.3 is 15.0 Å². The molecule has 0 radical (unpaired) electrons. The molecule has 1 rings (SSSR count). The fourth-order valence-electron chi connectivity index (χ4n) is 1.65. The number of nitrogens with zero attached hydrogens (tertiary/aromatic N) is 1. The Bertz CT molecular complexity index is 451. The lowest BCUT2D eigenvalue weighted by molar-refractivity contribution is 0.217. The summed E-state index contributed by atoms with van der Waals surface area (Å²) in [6.07, 6.45) is 0. The number of hydrogen-bond acceptors (Lipinski definition) is 2. The van der Waals surface area contributed by atoms with Crippen molar-refractivity contribution in [1.82, 2.24) is 4.90 Å². The van der Waals surface area contributed by atoms with Crippen LogP contribution in [0, 0.1) is 0 Å². The minimum atomic E-state index is -0.167. The van der Waals surface area contributed by atoms with E-state index in [1.807, 2.05) is 20.8 Å². The highest BCUT2D eigenvalue weighted by Crippen LogP contribution is 2.36. The van der Waals surface area contributed by atoms with Gasteiger partial charge in [-0.3, -0.25) is 0 Å². The summed E-state index contributed by atoms with van der Waals surface area (Å²) in [7, 11) is 0. The number of benzene rings is 1. The number of anilines is 1. The first kappa shape index (κ1) is 16.1. The predicted octanol–water partition coefficient (Wildman–Crippen LogP) is 4.37. The third kappa shape index (κ3) is 4.28. The number of carbonyl (C=O) groups is 1. The summed E-state index contributed by atoms with van der Waals surface area (Å²) >= 11 is 9.39. The van der Waals surface area contributed by atoms with Crippen molar-refractivity contribution in [1.29, 1.82) is 0 Å². The number of carbonyl (C=O) groups excluding carboxylic acids is 1. The van der Waals surface area contributed by atoms with Crippen LogP contribution in [0.25, 0.3) is 0 Å². The lowest BCUT2D eigenvalue weighted by Gasteiger charge is -2.21. The second-order valence-corrected chi connectivity index (χ2v) is 5.09. The number of amides is 2. The van der Waals surface area contributed by atoms with Gasteiger partial charge in [-0.2, -0.15) is 0 Å². The molecule has 19 heavy (non-hydrogen) atoms. The molecule has 0 saturated carbocycles. The summed E-state index contributed by atoms with van der Waals surface area (Å²) in [6.45, 7) is 7.55. The van der Waals surface area contributed by atoms with E-state index in [4.69, 9.17) is 16.3 Å². The summed E-state index contributed by atoms with van der Waals surface area (Å²) in [5, 5.41) is 3.36. The Labute approximate surface area is 127 Å². The van der Waals surface area contributed by atoms with Crippen molar-refractivity contribution >= 4 is 39.2 Å². The Morgan fingerprint density at radius 1 is 1.37 bits per heavy atom. The molecule has 0 aliphatic heterocycles. The second-order valence-electron chi connectivity index (χ2n) is 3.80. The number of urea groups is 1. The van der Waals surface area contributed by atoms with E-state index in [0.717, 1.165) is 4.47 Å². The molecule has 0 saturated heterocycles. The first-order valence-electron chi connectivity index (χ1n) is 6.21. The van der Waals surface area contributed by atoms with Crippen LogP contribution < -0.4 is 10.1 Å². The number of nitrogens with one attached hydrogen (secondary N) is 1. The van der Waals surface area contributed by atoms with Crippen LogP contribution in [-0.4, -0.2) is 30.6 Å². The van der Waals surface area contributed by atoms with Gasteiger partial charge in [0.15, 0.2) is 5.75 Å². The molecule has 0 unspecified atom stereocenters. The van der Waals surface area contributed by atoms with Gasteiger partial charge in [0, 0.05) is 18.1 Å². The van der Waals surface area contributed by atoms with Crippen LogP contribution >= 0.6 is 27.5 Å². The molecule has 1 aromatic rings. The van der Waals surface area contributed by atoms with Crippen LogP contribution in [0.3, 0.4) is 0 Å². The van der Waals surface area contributed by atoms with Crippen LogP contribution in [0.4, 0.5) is 10.5 Å². The average molecular weight is 350 g/mol. The topological polar surface area (TPSA) is 41.6 Å². The zero-order chi connectivity index (χ0) is 14.4. The lowest BCUT2D eigenvalue weighted by Crippen LogP contribution is -2.34. The molecule has 106 valence electrons. The summed E-state index contributed by atoms with van der Waals surface area (Å²) in [6, 6.07) is 3.25. The van der Waals surface area contributed by atoms with Crippen molar-refractivity contribution in [2.24, 2.45) is 0 Å². The fraction of sp³-hybridized carbons (Fsp3) is 0.462. The minimum Gasteiger partial charge on any atom is -0.491 e. The fourth-order valence-corrected chi connectivity index (χ4v) is 2.57. The van der Waals surface area contributed by atoms with Gasteiger partial charge in [0.1, 0.15) is 0 Å². The number of halogens is 2. The standard InChI is InChI=1S/C13H18BrClN2O2/c1-4-17(5-2)13(18)16-11-8-9(15)7-10(14)12(11)19-6-3/h7-8H,4-6H2,1-3H3,(H,16,18).